The minimum Gasteiger partial charge on any atom is -0.496 e. The quantitative estimate of drug-likeness (QED) is 0.833. The first-order valence-corrected chi connectivity index (χ1v) is 5.87. The molecule has 0 aromatic heterocycles. The van der Waals surface area contributed by atoms with Crippen LogP contribution in [0.5, 0.6) is 5.75 Å². The molecule has 0 atom stereocenters. The van der Waals surface area contributed by atoms with Gasteiger partial charge in [-0.1, -0.05) is 0 Å². The zero-order chi connectivity index (χ0) is 14.4. The maximum absolute atomic E-state index is 13.6. The van der Waals surface area contributed by atoms with Crippen molar-refractivity contribution in [3.63, 3.8) is 0 Å². The van der Waals surface area contributed by atoms with Gasteiger partial charge in [0.05, 0.1) is 14.2 Å². The molecule has 5 heteroatoms. The minimum absolute atomic E-state index is 0.153. The van der Waals surface area contributed by atoms with E-state index in [-0.39, 0.29) is 17.1 Å². The molecule has 102 valence electrons. The van der Waals surface area contributed by atoms with Crippen molar-refractivity contribution in [2.75, 3.05) is 14.2 Å². The van der Waals surface area contributed by atoms with E-state index < -0.39 is 17.4 Å². The van der Waals surface area contributed by atoms with Crippen LogP contribution in [0.3, 0.4) is 0 Å². The normalized spacial score (nSPS) is 16.5. The van der Waals surface area contributed by atoms with E-state index in [0.29, 0.717) is 16.7 Å². The van der Waals surface area contributed by atoms with Crippen LogP contribution in [0.15, 0.2) is 35.4 Å². The second-order valence-electron chi connectivity index (χ2n) is 4.40. The van der Waals surface area contributed by atoms with Gasteiger partial charge in [0.15, 0.2) is 5.83 Å². The predicted molar refractivity (Wildman–Crippen MR) is 69.1 cm³/mol. The Labute approximate surface area is 113 Å². The van der Waals surface area contributed by atoms with Crippen LogP contribution in [0.1, 0.15) is 11.1 Å². The molecule has 2 aliphatic carbocycles. The lowest BCUT2D eigenvalue weighted by Crippen LogP contribution is -2.10. The summed E-state index contributed by atoms with van der Waals surface area (Å²) < 4.78 is 37.4. The Kier molecular flexibility index (Phi) is 2.71. The molecule has 0 unspecified atom stereocenters. The maximum Gasteiger partial charge on any atom is 0.222 e. The third-order valence-electron chi connectivity index (χ3n) is 3.32. The number of halogens is 2. The van der Waals surface area contributed by atoms with E-state index >= 15 is 0 Å². The minimum atomic E-state index is -0.899. The predicted octanol–water partition coefficient (Wildman–Crippen LogP) is 3.02. The van der Waals surface area contributed by atoms with Crippen molar-refractivity contribution < 1.29 is 23.0 Å². The Hall–Kier alpha value is -2.43. The zero-order valence-corrected chi connectivity index (χ0v) is 10.8. The van der Waals surface area contributed by atoms with Gasteiger partial charge < -0.3 is 9.47 Å². The van der Waals surface area contributed by atoms with Crippen LogP contribution < -0.4 is 4.74 Å². The zero-order valence-electron chi connectivity index (χ0n) is 10.8. The molecule has 0 aliphatic heterocycles. The second-order valence-corrected chi connectivity index (χ2v) is 4.40. The fourth-order valence-electron chi connectivity index (χ4n) is 2.48. The highest BCUT2D eigenvalue weighted by Crippen LogP contribution is 2.46. The van der Waals surface area contributed by atoms with Crippen LogP contribution in [0.25, 0.3) is 11.6 Å². The molecule has 0 fully saturated rings. The van der Waals surface area contributed by atoms with Crippen LogP contribution >= 0.6 is 0 Å². The van der Waals surface area contributed by atoms with E-state index in [1.54, 1.807) is 0 Å². The van der Waals surface area contributed by atoms with Gasteiger partial charge in [-0.25, -0.2) is 8.78 Å². The summed E-state index contributed by atoms with van der Waals surface area (Å²) in [5.74, 6) is -1.63. The number of carbonyl (C=O) groups is 1. The van der Waals surface area contributed by atoms with Crippen molar-refractivity contribution >= 4 is 17.4 Å². The first-order chi connectivity index (χ1) is 9.56. The highest BCUT2D eigenvalue weighted by Gasteiger charge is 2.35. The topological polar surface area (TPSA) is 35.5 Å². The van der Waals surface area contributed by atoms with E-state index in [4.69, 9.17) is 9.47 Å². The van der Waals surface area contributed by atoms with Gasteiger partial charge in [-0.05, 0) is 17.7 Å². The van der Waals surface area contributed by atoms with Crippen molar-refractivity contribution in [2.24, 2.45) is 0 Å². The molecule has 1 aromatic carbocycles. The molecule has 3 nitrogen and oxygen atoms in total. The molecule has 2 aliphatic rings. The van der Waals surface area contributed by atoms with Gasteiger partial charge in [0.1, 0.15) is 17.3 Å². The average molecular weight is 276 g/mol. The third-order valence-corrected chi connectivity index (χ3v) is 3.32. The van der Waals surface area contributed by atoms with E-state index in [2.05, 4.69) is 0 Å². The molecule has 0 heterocycles. The van der Waals surface area contributed by atoms with Gasteiger partial charge in [0.25, 0.3) is 0 Å². The Morgan fingerprint density at radius 2 is 1.80 bits per heavy atom. The Morgan fingerprint density at radius 3 is 2.45 bits per heavy atom. The third kappa shape index (κ3) is 1.59. The van der Waals surface area contributed by atoms with Gasteiger partial charge in [-0.2, -0.15) is 0 Å². The summed E-state index contributed by atoms with van der Waals surface area (Å²) in [6, 6.07) is 2.49. The summed E-state index contributed by atoms with van der Waals surface area (Å²) >= 11 is 0. The molecule has 0 saturated heterocycles. The fourth-order valence-corrected chi connectivity index (χ4v) is 2.48. The monoisotopic (exact) mass is 276 g/mol. The van der Waals surface area contributed by atoms with Gasteiger partial charge >= 0.3 is 0 Å². The molecule has 0 amide bonds. The van der Waals surface area contributed by atoms with E-state index in [0.717, 1.165) is 6.08 Å². The number of ketones is 1. The Morgan fingerprint density at radius 1 is 1.05 bits per heavy atom. The lowest BCUT2D eigenvalue weighted by molar-refractivity contribution is -0.113. The number of benzene rings is 1. The van der Waals surface area contributed by atoms with Crippen LogP contribution in [0.4, 0.5) is 8.78 Å². The summed E-state index contributed by atoms with van der Waals surface area (Å²) in [5, 5.41) is 0. The molecule has 0 N–H and O–H groups in total. The first-order valence-electron chi connectivity index (χ1n) is 5.87. The Balaban J connectivity index is 2.35. The molecular formula is C15H10F2O3. The van der Waals surface area contributed by atoms with Gasteiger partial charge in [-0.15, -0.1) is 0 Å². The number of allylic oxidation sites excluding steroid dienone is 4. The highest BCUT2D eigenvalue weighted by atomic mass is 19.1. The smallest absolute Gasteiger partial charge is 0.222 e. The molecule has 20 heavy (non-hydrogen) atoms. The fraction of sp³-hybridized carbons (Fsp3) is 0.133. The van der Waals surface area contributed by atoms with Crippen molar-refractivity contribution in [1.29, 1.82) is 0 Å². The first kappa shape index (κ1) is 12.6. The lowest BCUT2D eigenvalue weighted by Gasteiger charge is -2.17. The summed E-state index contributed by atoms with van der Waals surface area (Å²) in [5.41, 5.74) is 1.60. The number of ether oxygens (including phenoxy) is 2. The van der Waals surface area contributed by atoms with Crippen molar-refractivity contribution in [3.8, 4) is 5.75 Å². The van der Waals surface area contributed by atoms with Gasteiger partial charge in [-0.3, -0.25) is 4.79 Å². The maximum atomic E-state index is 13.6. The highest BCUT2D eigenvalue weighted by molar-refractivity contribution is 6.26. The van der Waals surface area contributed by atoms with E-state index in [1.165, 1.54) is 32.4 Å². The average Bonchev–Trinajstić information content (AvgIpc) is 2.81. The summed E-state index contributed by atoms with van der Waals surface area (Å²) in [4.78, 5) is 11.9. The van der Waals surface area contributed by atoms with Gasteiger partial charge in [0.2, 0.25) is 5.78 Å². The Bertz CT molecular complexity index is 727. The SMILES string of the molecule is COC1=C2C(=Cc3cc(F)cc(OC)c32)C(=O)C(F)=C1. The second kappa shape index (κ2) is 4.30. The molecule has 0 bridgehead atoms. The van der Waals surface area contributed by atoms with Crippen LogP contribution in [0, 0.1) is 5.82 Å². The van der Waals surface area contributed by atoms with Crippen LogP contribution in [0.2, 0.25) is 0 Å². The summed E-state index contributed by atoms with van der Waals surface area (Å²) in [6.07, 6.45) is 2.48. The number of fused-ring (bicyclic) bond motifs is 3. The summed E-state index contributed by atoms with van der Waals surface area (Å²) in [6.45, 7) is 0. The molecule has 0 spiro atoms. The van der Waals surface area contributed by atoms with E-state index in [9.17, 15) is 13.6 Å². The standard InChI is InChI=1S/C15H10F2O3/c1-19-11-5-8(16)3-7-4-9-14(13(7)11)12(20-2)6-10(17)15(9)18/h3-6H,1-2H3. The molecule has 1 aromatic rings. The van der Waals surface area contributed by atoms with Crippen LogP contribution in [-0.2, 0) is 9.53 Å². The lowest BCUT2D eigenvalue weighted by atomic mass is 9.93. The molecule has 3 rings (SSSR count). The number of rotatable bonds is 2. The molecule has 0 saturated carbocycles. The van der Waals surface area contributed by atoms with Crippen molar-refractivity contribution in [2.45, 2.75) is 0 Å². The molecule has 0 radical (unpaired) electrons. The largest absolute Gasteiger partial charge is 0.496 e. The summed E-state index contributed by atoms with van der Waals surface area (Å²) in [7, 11) is 2.79. The number of Topliss-reactive ketones (excluding diaryl/α,β-unsaturated/α-hetero) is 1. The van der Waals surface area contributed by atoms with Crippen molar-refractivity contribution in [1.82, 2.24) is 0 Å². The van der Waals surface area contributed by atoms with E-state index in [1.807, 2.05) is 0 Å². The van der Waals surface area contributed by atoms with Crippen molar-refractivity contribution in [3.05, 3.63) is 52.3 Å². The number of hydrogen-bond donors (Lipinski definition) is 0. The number of methoxy groups -OCH3 is 2. The number of carbonyl (C=O) groups excluding carboxylic acids is 1. The number of hydrogen-bond acceptors (Lipinski definition) is 3. The van der Waals surface area contributed by atoms with Crippen LogP contribution in [-0.4, -0.2) is 20.0 Å². The molecular weight excluding hydrogens is 266 g/mol. The van der Waals surface area contributed by atoms with Gasteiger partial charge in [0, 0.05) is 28.9 Å².